The molecule has 0 spiro atoms. The molecule has 3 N–H and O–H groups in total. The highest BCUT2D eigenvalue weighted by Gasteiger charge is 2.62. The number of carbonyl (C=O) groups excluding carboxylic acids is 4. The zero-order valence-electron chi connectivity index (χ0n) is 32.8. The van der Waals surface area contributed by atoms with Crippen molar-refractivity contribution < 1.29 is 41.8 Å². The Morgan fingerprint density at radius 3 is 2.52 bits per heavy atom. The standard InChI is InChI=1S/C41H55N5O9S/c1-6-26-22-41(26,38(49)45-56(51,52)30-15-16-30)44-36(47)33-21-29-23-46(33)37(48)35(40(2,3)4)43-39(50)55-28-13-12-24(18-28)10-8-7-9-11-32-34(54-29)20-25-19-27(53-5)14-17-31(25)42-32/h6,14,17,19-20,24,26,28-30,33,35H,1,7-13,15-16,18,21-23H2,2-5H3,(H,43,50)(H,44,47)(H,45,49)/t24?,26-,28+,29+,33-,35-,41-/m0/s1. The number of pyridine rings is 1. The van der Waals surface area contributed by atoms with E-state index in [-0.39, 0.29) is 25.5 Å². The van der Waals surface area contributed by atoms with Crippen LogP contribution in [0.25, 0.3) is 10.9 Å². The first-order valence-electron chi connectivity index (χ1n) is 20.0. The number of rotatable bonds is 7. The van der Waals surface area contributed by atoms with Crippen LogP contribution in [0.5, 0.6) is 11.5 Å². The minimum atomic E-state index is -3.90. The predicted octanol–water partition coefficient (Wildman–Crippen LogP) is 4.69. The van der Waals surface area contributed by atoms with Crippen LogP contribution in [-0.2, 0) is 35.6 Å². The van der Waals surface area contributed by atoms with Crippen molar-refractivity contribution >= 4 is 44.7 Å². The Kier molecular flexibility index (Phi) is 11.0. The summed E-state index contributed by atoms with van der Waals surface area (Å²) in [6, 6.07) is 5.39. The molecule has 7 atom stereocenters. The number of hydrogen-bond donors (Lipinski definition) is 3. The molecule has 14 nitrogen and oxygen atoms in total. The predicted molar refractivity (Wildman–Crippen MR) is 208 cm³/mol. The number of hydrogen-bond acceptors (Lipinski definition) is 10. The summed E-state index contributed by atoms with van der Waals surface area (Å²) in [6.45, 7) is 9.29. The van der Waals surface area contributed by atoms with Gasteiger partial charge < -0.3 is 29.7 Å². The largest absolute Gasteiger partial charge is 0.497 e. The highest BCUT2D eigenvalue weighted by Crippen LogP contribution is 2.46. The van der Waals surface area contributed by atoms with Crippen molar-refractivity contribution in [3.05, 3.63) is 42.6 Å². The molecule has 3 heterocycles. The van der Waals surface area contributed by atoms with Gasteiger partial charge in [0.15, 0.2) is 0 Å². The third-order valence-electron chi connectivity index (χ3n) is 12.1. The fourth-order valence-electron chi connectivity index (χ4n) is 8.58. The van der Waals surface area contributed by atoms with Crippen molar-refractivity contribution in [3.63, 3.8) is 0 Å². The van der Waals surface area contributed by atoms with Gasteiger partial charge in [0, 0.05) is 17.7 Å². The van der Waals surface area contributed by atoms with Crippen LogP contribution in [0, 0.1) is 17.3 Å². The number of fused-ring (bicyclic) bond motifs is 6. The van der Waals surface area contributed by atoms with Gasteiger partial charge in [-0.1, -0.05) is 46.1 Å². The number of nitrogens with one attached hydrogen (secondary N) is 3. The van der Waals surface area contributed by atoms with Crippen LogP contribution in [0.15, 0.2) is 36.9 Å². The van der Waals surface area contributed by atoms with Gasteiger partial charge in [0.25, 0.3) is 5.91 Å². The molecule has 56 heavy (non-hydrogen) atoms. The van der Waals surface area contributed by atoms with E-state index in [1.807, 2.05) is 45.0 Å². The van der Waals surface area contributed by atoms with Gasteiger partial charge in [-0.2, -0.15) is 0 Å². The van der Waals surface area contributed by atoms with Crippen LogP contribution in [0.3, 0.4) is 0 Å². The minimum absolute atomic E-state index is 0.000261. The van der Waals surface area contributed by atoms with Crippen LogP contribution >= 0.6 is 0 Å². The first kappa shape index (κ1) is 39.8. The Labute approximate surface area is 328 Å². The van der Waals surface area contributed by atoms with Crippen LogP contribution in [0.2, 0.25) is 0 Å². The second kappa shape index (κ2) is 15.5. The molecule has 1 aromatic heterocycles. The molecule has 2 aliphatic heterocycles. The molecule has 15 heteroatoms. The molecule has 3 saturated carbocycles. The molecule has 1 saturated heterocycles. The third kappa shape index (κ3) is 8.47. The molecule has 4 fully saturated rings. The number of aromatic nitrogens is 1. The number of aryl methyl sites for hydroxylation is 1. The zero-order valence-corrected chi connectivity index (χ0v) is 33.6. The maximum Gasteiger partial charge on any atom is 0.408 e. The van der Waals surface area contributed by atoms with E-state index in [1.54, 1.807) is 7.11 Å². The highest BCUT2D eigenvalue weighted by molar-refractivity contribution is 7.91. The number of nitrogens with zero attached hydrogens (tertiary/aromatic N) is 2. The Hall–Kier alpha value is -4.40. The summed E-state index contributed by atoms with van der Waals surface area (Å²) in [5.41, 5.74) is -0.760. The lowest BCUT2D eigenvalue weighted by Crippen LogP contribution is -2.60. The fraction of sp³-hybridized carbons (Fsp3) is 0.634. The van der Waals surface area contributed by atoms with Crippen molar-refractivity contribution in [3.8, 4) is 11.5 Å². The molecular formula is C41H55N5O9S. The van der Waals surface area contributed by atoms with Gasteiger partial charge in [-0.15, -0.1) is 6.58 Å². The Bertz CT molecular complexity index is 2000. The summed E-state index contributed by atoms with van der Waals surface area (Å²) in [5, 5.41) is 5.85. The Morgan fingerprint density at radius 1 is 1.04 bits per heavy atom. The molecule has 2 aromatic rings. The van der Waals surface area contributed by atoms with Gasteiger partial charge in [-0.3, -0.25) is 19.1 Å². The SMILES string of the molecule is C=C[C@H]1C[C@@]1(NC(=O)[C@@H]1C[C@@H]2CN1C(=O)[C@@H](C(C)(C)C)NC(=O)O[C@@H]1CCC(CCCCCc3nc4ccc(OC)cc4cc3O2)C1)C(=O)NS(=O)(=O)C1CC1. The highest BCUT2D eigenvalue weighted by atomic mass is 32.2. The number of alkyl carbamates (subject to hydrolysis) is 1. The van der Waals surface area contributed by atoms with Crippen molar-refractivity contribution in [2.75, 3.05) is 13.7 Å². The van der Waals surface area contributed by atoms with E-state index in [1.165, 1.54) is 11.0 Å². The molecule has 304 valence electrons. The van der Waals surface area contributed by atoms with Gasteiger partial charge in [0.1, 0.15) is 41.3 Å². The quantitative estimate of drug-likeness (QED) is 0.333. The third-order valence-corrected chi connectivity index (χ3v) is 13.9. The van der Waals surface area contributed by atoms with Crippen LogP contribution < -0.4 is 24.8 Å². The van der Waals surface area contributed by atoms with Crippen molar-refractivity contribution in [2.24, 2.45) is 17.3 Å². The average molecular weight is 794 g/mol. The molecule has 3 aliphatic carbocycles. The van der Waals surface area contributed by atoms with E-state index in [4.69, 9.17) is 19.2 Å². The second-order valence-electron chi connectivity index (χ2n) is 17.4. The van der Waals surface area contributed by atoms with Crippen LogP contribution in [0.1, 0.15) is 97.1 Å². The van der Waals surface area contributed by atoms with E-state index in [9.17, 15) is 27.6 Å². The molecule has 4 amide bonds. The molecule has 0 radical (unpaired) electrons. The van der Waals surface area contributed by atoms with Crippen LogP contribution in [0.4, 0.5) is 4.79 Å². The molecule has 1 aromatic carbocycles. The summed E-state index contributed by atoms with van der Waals surface area (Å²) < 4.78 is 45.8. The summed E-state index contributed by atoms with van der Waals surface area (Å²) in [6.07, 6.45) is 8.22. The summed E-state index contributed by atoms with van der Waals surface area (Å²) in [4.78, 5) is 62.6. The Balaban J connectivity index is 1.22. The molecule has 1 unspecified atom stereocenters. The lowest BCUT2D eigenvalue weighted by Gasteiger charge is -2.35. The number of ether oxygens (including phenoxy) is 3. The molecule has 5 aliphatic rings. The first-order valence-corrected chi connectivity index (χ1v) is 21.6. The topological polar surface area (TPSA) is 182 Å². The van der Waals surface area contributed by atoms with Crippen LogP contribution in [-0.4, -0.2) is 90.9 Å². The number of methoxy groups -OCH3 is 1. The van der Waals surface area contributed by atoms with Gasteiger partial charge >= 0.3 is 6.09 Å². The molecule has 7 rings (SSSR count). The fourth-order valence-corrected chi connectivity index (χ4v) is 9.94. The lowest BCUT2D eigenvalue weighted by molar-refractivity contribution is -0.143. The number of sulfonamides is 1. The lowest BCUT2D eigenvalue weighted by atomic mass is 9.85. The van der Waals surface area contributed by atoms with E-state index >= 15 is 0 Å². The molecule has 4 bridgehead atoms. The van der Waals surface area contributed by atoms with E-state index < -0.39 is 74.1 Å². The van der Waals surface area contributed by atoms with Crippen molar-refractivity contribution in [1.29, 1.82) is 0 Å². The van der Waals surface area contributed by atoms with Gasteiger partial charge in [0.2, 0.25) is 21.8 Å². The van der Waals surface area contributed by atoms with E-state index in [0.29, 0.717) is 36.7 Å². The van der Waals surface area contributed by atoms with Gasteiger partial charge in [-0.05, 0) is 87.0 Å². The number of benzene rings is 1. The van der Waals surface area contributed by atoms with E-state index in [0.717, 1.165) is 61.5 Å². The molecular weight excluding hydrogens is 739 g/mol. The summed E-state index contributed by atoms with van der Waals surface area (Å²) in [5.74, 6) is -0.812. The number of carbonyl (C=O) groups is 4. The van der Waals surface area contributed by atoms with E-state index in [2.05, 4.69) is 21.9 Å². The summed E-state index contributed by atoms with van der Waals surface area (Å²) in [7, 11) is -2.30. The second-order valence-corrected chi connectivity index (χ2v) is 19.4. The Morgan fingerprint density at radius 2 is 1.82 bits per heavy atom. The smallest absolute Gasteiger partial charge is 0.408 e. The van der Waals surface area contributed by atoms with Gasteiger partial charge in [-0.25, -0.2) is 18.2 Å². The minimum Gasteiger partial charge on any atom is -0.497 e. The maximum atomic E-state index is 14.7. The monoisotopic (exact) mass is 793 g/mol. The first-order chi connectivity index (χ1) is 26.6. The zero-order chi connectivity index (χ0) is 40.0. The summed E-state index contributed by atoms with van der Waals surface area (Å²) >= 11 is 0. The van der Waals surface area contributed by atoms with Crippen molar-refractivity contribution in [2.45, 2.75) is 133 Å². The van der Waals surface area contributed by atoms with Crippen molar-refractivity contribution in [1.82, 2.24) is 25.2 Å². The normalized spacial score (nSPS) is 30.0. The van der Waals surface area contributed by atoms with Gasteiger partial charge in [0.05, 0.1) is 30.1 Å². The number of amides is 4. The average Bonchev–Trinajstić information content (AvgIpc) is 4.04. The maximum absolute atomic E-state index is 14.7.